The van der Waals surface area contributed by atoms with Crippen LogP contribution in [0, 0.1) is 5.41 Å². The summed E-state index contributed by atoms with van der Waals surface area (Å²) in [4.78, 5) is 0. The third kappa shape index (κ3) is 1.16. The first-order chi connectivity index (χ1) is 9.28. The summed E-state index contributed by atoms with van der Waals surface area (Å²) in [7, 11) is 0. The molecule has 1 N–H and O–H groups in total. The van der Waals surface area contributed by atoms with Crippen LogP contribution in [0.1, 0.15) is 44.9 Å². The Kier molecular flexibility index (Phi) is 1.77. The van der Waals surface area contributed by atoms with Crippen LogP contribution in [0.5, 0.6) is 0 Å². The van der Waals surface area contributed by atoms with Gasteiger partial charge in [0.05, 0.1) is 0 Å². The van der Waals surface area contributed by atoms with Gasteiger partial charge in [-0.1, -0.05) is 36.5 Å². The van der Waals surface area contributed by atoms with Gasteiger partial charge in [0.2, 0.25) is 0 Å². The molecular formula is C18H21N. The Bertz CT molecular complexity index is 570. The topological polar surface area (TPSA) is 12.0 Å². The van der Waals surface area contributed by atoms with Crippen LogP contribution in [-0.4, -0.2) is 11.1 Å². The third-order valence-corrected chi connectivity index (χ3v) is 6.47. The van der Waals surface area contributed by atoms with Crippen molar-refractivity contribution in [2.75, 3.05) is 0 Å². The molecule has 4 fully saturated rings. The van der Waals surface area contributed by atoms with E-state index in [-0.39, 0.29) is 0 Å². The van der Waals surface area contributed by atoms with E-state index in [0.29, 0.717) is 16.5 Å². The van der Waals surface area contributed by atoms with Gasteiger partial charge >= 0.3 is 0 Å². The van der Waals surface area contributed by atoms with E-state index in [1.54, 1.807) is 11.1 Å². The molecule has 1 aliphatic heterocycles. The van der Waals surface area contributed by atoms with Gasteiger partial charge in [-0.2, -0.15) is 0 Å². The molecule has 1 nitrogen and oxygen atoms in total. The molecule has 98 valence electrons. The van der Waals surface area contributed by atoms with Crippen molar-refractivity contribution < 1.29 is 0 Å². The number of rotatable bonds is 0. The zero-order valence-corrected chi connectivity index (χ0v) is 11.4. The fourth-order valence-corrected chi connectivity index (χ4v) is 5.18. The summed E-state index contributed by atoms with van der Waals surface area (Å²) in [5, 5.41) is 4.14. The van der Waals surface area contributed by atoms with E-state index < -0.39 is 0 Å². The Morgan fingerprint density at radius 2 is 1.74 bits per heavy atom. The van der Waals surface area contributed by atoms with Crippen molar-refractivity contribution in [1.82, 2.24) is 5.32 Å². The van der Waals surface area contributed by atoms with Crippen molar-refractivity contribution in [3.63, 3.8) is 0 Å². The van der Waals surface area contributed by atoms with Gasteiger partial charge in [0, 0.05) is 16.5 Å². The van der Waals surface area contributed by atoms with Crippen LogP contribution in [0.15, 0.2) is 47.6 Å². The fourth-order valence-electron chi connectivity index (χ4n) is 5.18. The normalized spacial score (nSPS) is 53.1. The Balaban J connectivity index is 1.66. The maximum absolute atomic E-state index is 4.14. The SMILES string of the molecule is C1=C\C=C2\CC3(CCC3)NC34CCC3(C4)\C2=C\C=C/1. The summed E-state index contributed by atoms with van der Waals surface area (Å²) in [6.07, 6.45) is 23.2. The standard InChI is InChI=1S/C18H21N/c1-2-4-7-15-14(6-3-1)12-16(8-5-9-16)19-18-11-10-17(15,18)13-18/h1-4,6-7,19H,5,8-13H2/b2-1?,3-1-,4-2-,6-3?,7-4?,14-6-,15-7+. The van der Waals surface area contributed by atoms with Crippen LogP contribution in [0.3, 0.4) is 0 Å². The van der Waals surface area contributed by atoms with Crippen LogP contribution < -0.4 is 5.32 Å². The van der Waals surface area contributed by atoms with Crippen LogP contribution in [-0.2, 0) is 0 Å². The fraction of sp³-hybridized carbons (Fsp3) is 0.556. The van der Waals surface area contributed by atoms with Crippen molar-refractivity contribution >= 4 is 0 Å². The van der Waals surface area contributed by atoms with Crippen LogP contribution in [0.25, 0.3) is 0 Å². The predicted octanol–water partition coefficient (Wildman–Crippen LogP) is 3.80. The first-order valence-corrected chi connectivity index (χ1v) is 7.82. The Morgan fingerprint density at radius 1 is 0.895 bits per heavy atom. The maximum Gasteiger partial charge on any atom is 0.0293 e. The summed E-state index contributed by atoms with van der Waals surface area (Å²) in [5.41, 5.74) is 4.72. The quantitative estimate of drug-likeness (QED) is 0.690. The van der Waals surface area contributed by atoms with Crippen molar-refractivity contribution in [2.24, 2.45) is 5.41 Å². The number of hydrogen-bond acceptors (Lipinski definition) is 1. The van der Waals surface area contributed by atoms with E-state index in [0.717, 1.165) is 0 Å². The van der Waals surface area contributed by atoms with Gasteiger partial charge in [-0.15, -0.1) is 0 Å². The summed E-state index contributed by atoms with van der Waals surface area (Å²) in [5.74, 6) is 0. The van der Waals surface area contributed by atoms with E-state index in [2.05, 4.69) is 41.8 Å². The molecule has 1 heterocycles. The van der Waals surface area contributed by atoms with E-state index >= 15 is 0 Å². The van der Waals surface area contributed by atoms with Crippen molar-refractivity contribution in [3.05, 3.63) is 47.6 Å². The molecule has 1 saturated heterocycles. The summed E-state index contributed by atoms with van der Waals surface area (Å²) >= 11 is 0. The maximum atomic E-state index is 4.14. The minimum atomic E-state index is 0.445. The highest BCUT2D eigenvalue weighted by Crippen LogP contribution is 2.77. The molecule has 1 heteroatoms. The summed E-state index contributed by atoms with van der Waals surface area (Å²) in [6.45, 7) is 0. The van der Waals surface area contributed by atoms with E-state index in [1.807, 2.05) is 0 Å². The van der Waals surface area contributed by atoms with E-state index in [4.69, 9.17) is 0 Å². The molecule has 0 aromatic rings. The highest BCUT2D eigenvalue weighted by molar-refractivity contribution is 5.56. The first kappa shape index (κ1) is 10.7. The number of hydrogen-bond donors (Lipinski definition) is 1. The van der Waals surface area contributed by atoms with E-state index in [1.165, 1.54) is 44.9 Å². The summed E-state index contributed by atoms with van der Waals surface area (Å²) in [6, 6.07) is 0. The molecule has 0 amide bonds. The Labute approximate surface area is 115 Å². The van der Waals surface area contributed by atoms with Gasteiger partial charge in [0.15, 0.2) is 0 Å². The molecule has 5 rings (SSSR count). The molecule has 2 atom stereocenters. The molecule has 3 saturated carbocycles. The molecule has 0 bridgehead atoms. The summed E-state index contributed by atoms with van der Waals surface area (Å²) < 4.78 is 0. The van der Waals surface area contributed by atoms with Gasteiger partial charge in [0.1, 0.15) is 0 Å². The average molecular weight is 251 g/mol. The van der Waals surface area contributed by atoms with Gasteiger partial charge in [-0.3, -0.25) is 0 Å². The molecule has 19 heavy (non-hydrogen) atoms. The lowest BCUT2D eigenvalue weighted by Crippen LogP contribution is -2.58. The second-order valence-corrected chi connectivity index (χ2v) is 7.32. The number of allylic oxidation sites excluding steroid dienone is 6. The number of nitrogens with one attached hydrogen (secondary N) is 1. The monoisotopic (exact) mass is 251 g/mol. The van der Waals surface area contributed by atoms with Crippen molar-refractivity contribution in [2.45, 2.75) is 56.0 Å². The molecule has 0 aromatic heterocycles. The van der Waals surface area contributed by atoms with Crippen LogP contribution >= 0.6 is 0 Å². The molecule has 0 aromatic carbocycles. The van der Waals surface area contributed by atoms with Crippen molar-refractivity contribution in [3.8, 4) is 0 Å². The minimum Gasteiger partial charge on any atom is -0.304 e. The zero-order valence-electron chi connectivity index (χ0n) is 11.4. The van der Waals surface area contributed by atoms with Crippen LogP contribution in [0.4, 0.5) is 0 Å². The molecular weight excluding hydrogens is 230 g/mol. The Hall–Kier alpha value is -1.08. The predicted molar refractivity (Wildman–Crippen MR) is 77.8 cm³/mol. The highest BCUT2D eigenvalue weighted by Gasteiger charge is 2.77. The van der Waals surface area contributed by atoms with Gasteiger partial charge in [-0.05, 0) is 56.1 Å². The molecule has 4 aliphatic carbocycles. The second kappa shape index (κ2) is 3.15. The average Bonchev–Trinajstić information content (AvgIpc) is 2.77. The van der Waals surface area contributed by atoms with E-state index in [9.17, 15) is 0 Å². The largest absolute Gasteiger partial charge is 0.304 e. The lowest BCUT2D eigenvalue weighted by Gasteiger charge is -2.47. The van der Waals surface area contributed by atoms with Gasteiger partial charge in [-0.25, -0.2) is 0 Å². The lowest BCUT2D eigenvalue weighted by atomic mass is 9.71. The number of fused-ring (bicyclic) bond motifs is 1. The van der Waals surface area contributed by atoms with Gasteiger partial charge in [0.25, 0.3) is 0 Å². The highest BCUT2D eigenvalue weighted by atomic mass is 15.2. The lowest BCUT2D eigenvalue weighted by molar-refractivity contribution is 0.120. The first-order valence-electron chi connectivity index (χ1n) is 7.82. The molecule has 2 unspecified atom stereocenters. The molecule has 0 radical (unpaired) electrons. The molecule has 1 spiro atoms. The smallest absolute Gasteiger partial charge is 0.0293 e. The Morgan fingerprint density at radius 3 is 2.42 bits per heavy atom. The minimum absolute atomic E-state index is 0.445. The molecule has 5 aliphatic rings. The van der Waals surface area contributed by atoms with Crippen LogP contribution in [0.2, 0.25) is 0 Å². The second-order valence-electron chi connectivity index (χ2n) is 7.32. The zero-order chi connectivity index (χ0) is 12.6. The third-order valence-electron chi connectivity index (χ3n) is 6.47. The van der Waals surface area contributed by atoms with Crippen molar-refractivity contribution in [1.29, 1.82) is 0 Å². The van der Waals surface area contributed by atoms with Gasteiger partial charge < -0.3 is 5.32 Å².